The van der Waals surface area contributed by atoms with E-state index < -0.39 is 47.3 Å². The fraction of sp³-hybridized carbons (Fsp3) is 0.467. The van der Waals surface area contributed by atoms with Crippen molar-refractivity contribution >= 4 is 12.0 Å². The third kappa shape index (κ3) is 4.37. The Labute approximate surface area is 139 Å². The summed E-state index contributed by atoms with van der Waals surface area (Å²) in [6.07, 6.45) is -4.44. The number of amides is 2. The van der Waals surface area contributed by atoms with E-state index in [2.05, 4.69) is 0 Å². The number of halogens is 5. The highest BCUT2D eigenvalue weighted by Gasteiger charge is 2.44. The van der Waals surface area contributed by atoms with Gasteiger partial charge in [0, 0.05) is 18.7 Å². The summed E-state index contributed by atoms with van der Waals surface area (Å²) in [6, 6.07) is -1.64. The third-order valence-corrected chi connectivity index (χ3v) is 3.95. The Hall–Kier alpha value is -2.39. The predicted molar refractivity (Wildman–Crippen MR) is 75.6 cm³/mol. The SMILES string of the molecule is O=C(O)C1CCCN(C(=O)NC(c2cccc(F)c2F)C(F)(F)F)C1. The van der Waals surface area contributed by atoms with Gasteiger partial charge in [0.2, 0.25) is 0 Å². The molecule has 1 aliphatic rings. The van der Waals surface area contributed by atoms with Gasteiger partial charge in [0.15, 0.2) is 17.7 Å². The zero-order valence-corrected chi connectivity index (χ0v) is 12.8. The first-order valence-electron chi connectivity index (χ1n) is 7.40. The molecule has 0 saturated carbocycles. The molecule has 2 rings (SSSR count). The zero-order valence-electron chi connectivity index (χ0n) is 12.8. The van der Waals surface area contributed by atoms with E-state index in [1.807, 2.05) is 0 Å². The number of carboxylic acids is 1. The van der Waals surface area contributed by atoms with E-state index in [1.165, 1.54) is 0 Å². The lowest BCUT2D eigenvalue weighted by atomic mass is 9.98. The maximum absolute atomic E-state index is 13.7. The van der Waals surface area contributed by atoms with Crippen molar-refractivity contribution in [3.05, 3.63) is 35.4 Å². The highest BCUT2D eigenvalue weighted by Crippen LogP contribution is 2.34. The van der Waals surface area contributed by atoms with Gasteiger partial charge in [-0.1, -0.05) is 12.1 Å². The van der Waals surface area contributed by atoms with Crippen LogP contribution in [-0.4, -0.2) is 41.3 Å². The van der Waals surface area contributed by atoms with Crippen LogP contribution in [0.2, 0.25) is 0 Å². The van der Waals surface area contributed by atoms with Gasteiger partial charge in [0.25, 0.3) is 0 Å². The Morgan fingerprint density at radius 2 is 1.96 bits per heavy atom. The molecule has 1 heterocycles. The molecule has 1 aliphatic heterocycles. The maximum Gasteiger partial charge on any atom is 0.413 e. The number of piperidine rings is 1. The summed E-state index contributed by atoms with van der Waals surface area (Å²) in [7, 11) is 0. The lowest BCUT2D eigenvalue weighted by Crippen LogP contribution is -2.50. The predicted octanol–water partition coefficient (Wildman–Crippen LogP) is 3.07. The molecule has 1 fully saturated rings. The van der Waals surface area contributed by atoms with Gasteiger partial charge in [-0.2, -0.15) is 13.2 Å². The molecule has 0 aliphatic carbocycles. The molecule has 1 aromatic rings. The Morgan fingerprint density at radius 1 is 1.28 bits per heavy atom. The van der Waals surface area contributed by atoms with E-state index >= 15 is 0 Å². The zero-order chi connectivity index (χ0) is 18.8. The number of carbonyl (C=O) groups is 2. The lowest BCUT2D eigenvalue weighted by Gasteiger charge is -2.32. The van der Waals surface area contributed by atoms with Gasteiger partial charge in [-0.15, -0.1) is 0 Å². The van der Waals surface area contributed by atoms with Crippen molar-refractivity contribution in [2.45, 2.75) is 25.1 Å². The normalized spacial score (nSPS) is 19.4. The summed E-state index contributed by atoms with van der Waals surface area (Å²) >= 11 is 0. The second-order valence-electron chi connectivity index (χ2n) is 5.69. The van der Waals surface area contributed by atoms with Crippen LogP contribution in [0.15, 0.2) is 18.2 Å². The quantitative estimate of drug-likeness (QED) is 0.808. The van der Waals surface area contributed by atoms with Gasteiger partial charge < -0.3 is 15.3 Å². The van der Waals surface area contributed by atoms with Crippen LogP contribution in [0.3, 0.4) is 0 Å². The van der Waals surface area contributed by atoms with Crippen LogP contribution in [0.1, 0.15) is 24.4 Å². The monoisotopic (exact) mass is 366 g/mol. The van der Waals surface area contributed by atoms with E-state index in [0.29, 0.717) is 18.9 Å². The smallest absolute Gasteiger partial charge is 0.413 e. The van der Waals surface area contributed by atoms with Gasteiger partial charge in [0.05, 0.1) is 5.92 Å². The second kappa shape index (κ2) is 7.24. The Kier molecular flexibility index (Phi) is 5.48. The van der Waals surface area contributed by atoms with Crippen LogP contribution in [-0.2, 0) is 4.79 Å². The molecule has 1 saturated heterocycles. The molecule has 0 spiro atoms. The molecule has 2 amide bonds. The van der Waals surface area contributed by atoms with Crippen LogP contribution >= 0.6 is 0 Å². The highest BCUT2D eigenvalue weighted by molar-refractivity contribution is 5.77. The number of hydrogen-bond donors (Lipinski definition) is 2. The standard InChI is InChI=1S/C15H15F5N2O3/c16-10-5-1-4-9(11(10)17)12(15(18,19)20)21-14(25)22-6-2-3-8(7-22)13(23)24/h1,4-5,8,12H,2-3,6-7H2,(H,21,25)(H,23,24). The summed E-state index contributed by atoms with van der Waals surface area (Å²) in [6.45, 7) is -0.177. The van der Waals surface area contributed by atoms with Gasteiger partial charge in [-0.05, 0) is 18.9 Å². The van der Waals surface area contributed by atoms with Gasteiger partial charge in [-0.25, -0.2) is 13.6 Å². The summed E-state index contributed by atoms with van der Waals surface area (Å²) in [4.78, 5) is 24.0. The molecule has 0 radical (unpaired) electrons. The molecule has 0 aromatic heterocycles. The molecule has 10 heteroatoms. The van der Waals surface area contributed by atoms with Crippen molar-refractivity contribution in [1.82, 2.24) is 10.2 Å². The summed E-state index contributed by atoms with van der Waals surface area (Å²) in [5, 5.41) is 10.6. The number of alkyl halides is 3. The fourth-order valence-corrected chi connectivity index (χ4v) is 2.66. The molecular weight excluding hydrogens is 351 g/mol. The third-order valence-electron chi connectivity index (χ3n) is 3.95. The minimum absolute atomic E-state index is 0.0752. The van der Waals surface area contributed by atoms with Gasteiger partial charge >= 0.3 is 18.2 Å². The van der Waals surface area contributed by atoms with Crippen molar-refractivity contribution in [2.24, 2.45) is 5.92 Å². The molecular formula is C15H15F5N2O3. The molecule has 2 unspecified atom stereocenters. The molecule has 5 nitrogen and oxygen atoms in total. The number of urea groups is 1. The maximum atomic E-state index is 13.7. The molecule has 2 atom stereocenters. The van der Waals surface area contributed by atoms with E-state index in [4.69, 9.17) is 5.11 Å². The van der Waals surface area contributed by atoms with E-state index in [9.17, 15) is 31.5 Å². The summed E-state index contributed by atoms with van der Waals surface area (Å²) in [5.41, 5.74) is -1.05. The topological polar surface area (TPSA) is 69.6 Å². The first-order valence-corrected chi connectivity index (χ1v) is 7.40. The van der Waals surface area contributed by atoms with Crippen LogP contribution in [0.4, 0.5) is 26.7 Å². The molecule has 25 heavy (non-hydrogen) atoms. The Balaban J connectivity index is 2.21. The number of nitrogens with zero attached hydrogens (tertiary/aromatic N) is 1. The van der Waals surface area contributed by atoms with E-state index in [1.54, 1.807) is 5.32 Å². The first-order chi connectivity index (χ1) is 11.6. The lowest BCUT2D eigenvalue weighted by molar-refractivity contribution is -0.156. The average Bonchev–Trinajstić information content (AvgIpc) is 2.54. The van der Waals surface area contributed by atoms with Crippen LogP contribution in [0, 0.1) is 17.6 Å². The number of carbonyl (C=O) groups excluding carboxylic acids is 1. The number of benzene rings is 1. The number of hydrogen-bond acceptors (Lipinski definition) is 2. The number of likely N-dealkylation sites (tertiary alicyclic amines) is 1. The van der Waals surface area contributed by atoms with E-state index in [0.717, 1.165) is 17.0 Å². The average molecular weight is 366 g/mol. The second-order valence-corrected chi connectivity index (χ2v) is 5.69. The van der Waals surface area contributed by atoms with Crippen LogP contribution in [0.25, 0.3) is 0 Å². The van der Waals surface area contributed by atoms with Crippen molar-refractivity contribution in [3.63, 3.8) is 0 Å². The molecule has 0 bridgehead atoms. The Morgan fingerprint density at radius 3 is 2.56 bits per heavy atom. The highest BCUT2D eigenvalue weighted by atomic mass is 19.4. The van der Waals surface area contributed by atoms with E-state index in [-0.39, 0.29) is 13.1 Å². The minimum atomic E-state index is -5.06. The largest absolute Gasteiger partial charge is 0.481 e. The molecule has 1 aromatic carbocycles. The number of rotatable bonds is 3. The Bertz CT molecular complexity index is 665. The summed E-state index contributed by atoms with van der Waals surface area (Å²) in [5.74, 6) is -5.20. The summed E-state index contributed by atoms with van der Waals surface area (Å²) < 4.78 is 66.7. The van der Waals surface area contributed by atoms with Crippen molar-refractivity contribution < 1.29 is 36.6 Å². The van der Waals surface area contributed by atoms with Crippen molar-refractivity contribution in [3.8, 4) is 0 Å². The number of carboxylic acid groups (broad SMARTS) is 1. The van der Waals surface area contributed by atoms with Crippen molar-refractivity contribution in [2.75, 3.05) is 13.1 Å². The minimum Gasteiger partial charge on any atom is -0.481 e. The fourth-order valence-electron chi connectivity index (χ4n) is 2.66. The van der Waals surface area contributed by atoms with Gasteiger partial charge in [0.1, 0.15) is 0 Å². The first kappa shape index (κ1) is 18.9. The van der Waals surface area contributed by atoms with Crippen molar-refractivity contribution in [1.29, 1.82) is 0 Å². The molecule has 2 N–H and O–H groups in total. The van der Waals surface area contributed by atoms with Crippen LogP contribution < -0.4 is 5.32 Å². The van der Waals surface area contributed by atoms with Crippen LogP contribution in [0.5, 0.6) is 0 Å². The van der Waals surface area contributed by atoms with Gasteiger partial charge in [-0.3, -0.25) is 4.79 Å². The molecule has 138 valence electrons. The number of nitrogens with one attached hydrogen (secondary N) is 1. The number of aliphatic carboxylic acids is 1.